The molecule has 78 valence electrons. The first-order valence-electron chi connectivity index (χ1n) is 4.32. The zero-order valence-corrected chi connectivity index (χ0v) is 8.79. The van der Waals surface area contributed by atoms with Crippen molar-refractivity contribution >= 4 is 17.4 Å². The monoisotopic (exact) mass is 225 g/mol. The molecule has 0 fully saturated rings. The van der Waals surface area contributed by atoms with Gasteiger partial charge in [0, 0.05) is 7.05 Å². The van der Waals surface area contributed by atoms with Crippen LogP contribution in [-0.4, -0.2) is 9.55 Å². The van der Waals surface area contributed by atoms with Gasteiger partial charge in [0.1, 0.15) is 17.3 Å². The Morgan fingerprint density at radius 1 is 1.47 bits per heavy atom. The van der Waals surface area contributed by atoms with Crippen LogP contribution in [0.4, 0.5) is 10.2 Å². The molecular formula is C10H9ClFN3. The zero-order chi connectivity index (χ0) is 11.0. The van der Waals surface area contributed by atoms with Gasteiger partial charge in [-0.15, -0.1) is 0 Å². The Morgan fingerprint density at radius 2 is 2.20 bits per heavy atom. The lowest BCUT2D eigenvalue weighted by Gasteiger charge is -2.04. The van der Waals surface area contributed by atoms with Crippen LogP contribution in [0.25, 0.3) is 11.3 Å². The van der Waals surface area contributed by atoms with Crippen LogP contribution < -0.4 is 5.73 Å². The molecule has 1 heterocycles. The molecule has 0 aliphatic carbocycles. The Labute approximate surface area is 91.3 Å². The largest absolute Gasteiger partial charge is 0.383 e. The predicted molar refractivity (Wildman–Crippen MR) is 58.0 cm³/mol. The van der Waals surface area contributed by atoms with Crippen molar-refractivity contribution in [2.45, 2.75) is 0 Å². The average Bonchev–Trinajstić information content (AvgIpc) is 2.49. The number of aryl methyl sites for hydroxylation is 1. The third-order valence-corrected chi connectivity index (χ3v) is 2.50. The van der Waals surface area contributed by atoms with Crippen LogP contribution >= 0.6 is 11.6 Å². The Morgan fingerprint density at radius 3 is 2.73 bits per heavy atom. The van der Waals surface area contributed by atoms with Gasteiger partial charge in [0.05, 0.1) is 16.9 Å². The number of hydrogen-bond acceptors (Lipinski definition) is 2. The number of anilines is 1. The number of nitrogens with zero attached hydrogens (tertiary/aromatic N) is 2. The molecule has 0 atom stereocenters. The van der Waals surface area contributed by atoms with Crippen molar-refractivity contribution in [3.8, 4) is 11.3 Å². The normalized spacial score (nSPS) is 10.6. The molecule has 1 aromatic heterocycles. The fourth-order valence-corrected chi connectivity index (χ4v) is 1.61. The first-order chi connectivity index (χ1) is 7.11. The van der Waals surface area contributed by atoms with Gasteiger partial charge in [-0.25, -0.2) is 9.37 Å². The van der Waals surface area contributed by atoms with Gasteiger partial charge in [0.15, 0.2) is 0 Å². The Hall–Kier alpha value is -1.55. The lowest BCUT2D eigenvalue weighted by Crippen LogP contribution is -1.97. The maximum absolute atomic E-state index is 13.5. The fourth-order valence-electron chi connectivity index (χ4n) is 1.36. The van der Waals surface area contributed by atoms with E-state index >= 15 is 0 Å². The van der Waals surface area contributed by atoms with E-state index in [0.717, 1.165) is 0 Å². The summed E-state index contributed by atoms with van der Waals surface area (Å²) in [6.45, 7) is 0. The number of hydrogen-bond donors (Lipinski definition) is 1. The van der Waals surface area contributed by atoms with E-state index in [1.54, 1.807) is 23.7 Å². The van der Waals surface area contributed by atoms with Gasteiger partial charge in [-0.3, -0.25) is 0 Å². The molecule has 0 spiro atoms. The molecular weight excluding hydrogens is 217 g/mol. The first kappa shape index (κ1) is 9.98. The maximum atomic E-state index is 13.5. The molecule has 15 heavy (non-hydrogen) atoms. The van der Waals surface area contributed by atoms with Crippen molar-refractivity contribution in [1.29, 1.82) is 0 Å². The summed E-state index contributed by atoms with van der Waals surface area (Å²) in [6.07, 6.45) is 1.52. The second-order valence-corrected chi connectivity index (χ2v) is 3.59. The molecule has 0 aliphatic heterocycles. The highest BCUT2D eigenvalue weighted by molar-refractivity contribution is 6.33. The van der Waals surface area contributed by atoms with Crippen molar-refractivity contribution in [3.05, 3.63) is 35.4 Å². The number of nitrogen functional groups attached to an aromatic ring is 1. The summed E-state index contributed by atoms with van der Waals surface area (Å²) in [6, 6.07) is 4.48. The van der Waals surface area contributed by atoms with Crippen molar-refractivity contribution in [1.82, 2.24) is 9.55 Å². The maximum Gasteiger partial charge on any atom is 0.134 e. The van der Waals surface area contributed by atoms with E-state index < -0.39 is 5.82 Å². The summed E-state index contributed by atoms with van der Waals surface area (Å²) in [5, 5.41) is 0.306. The van der Waals surface area contributed by atoms with Crippen LogP contribution in [0, 0.1) is 5.82 Å². The smallest absolute Gasteiger partial charge is 0.134 e. The summed E-state index contributed by atoms with van der Waals surface area (Å²) < 4.78 is 15.1. The van der Waals surface area contributed by atoms with Crippen molar-refractivity contribution in [3.63, 3.8) is 0 Å². The standard InChI is InChI=1S/C10H9ClFN3/c1-15-5-14-9(10(15)13)8-6(11)3-2-4-7(8)12/h2-5H,13H2,1H3. The number of benzene rings is 1. The molecule has 5 heteroatoms. The van der Waals surface area contributed by atoms with Gasteiger partial charge in [-0.2, -0.15) is 0 Å². The van der Waals surface area contributed by atoms with Crippen LogP contribution in [0.15, 0.2) is 24.5 Å². The molecule has 3 nitrogen and oxygen atoms in total. The summed E-state index contributed by atoms with van der Waals surface area (Å²) in [5.74, 6) is -0.0325. The molecule has 2 rings (SSSR count). The topological polar surface area (TPSA) is 43.8 Å². The lowest BCUT2D eigenvalue weighted by molar-refractivity contribution is 0.631. The number of rotatable bonds is 1. The van der Waals surface area contributed by atoms with E-state index in [9.17, 15) is 4.39 Å². The van der Waals surface area contributed by atoms with E-state index in [-0.39, 0.29) is 5.56 Å². The molecule has 2 aromatic rings. The Kier molecular flexibility index (Phi) is 2.36. The van der Waals surface area contributed by atoms with E-state index in [1.165, 1.54) is 12.4 Å². The minimum Gasteiger partial charge on any atom is -0.383 e. The molecule has 1 aromatic carbocycles. The van der Waals surface area contributed by atoms with E-state index in [2.05, 4.69) is 4.98 Å². The van der Waals surface area contributed by atoms with Gasteiger partial charge >= 0.3 is 0 Å². The minimum atomic E-state index is -0.423. The molecule has 0 amide bonds. The number of imidazole rings is 1. The molecule has 0 unspecified atom stereocenters. The van der Waals surface area contributed by atoms with Crippen LogP contribution in [0.5, 0.6) is 0 Å². The zero-order valence-electron chi connectivity index (χ0n) is 8.04. The molecule has 2 N–H and O–H groups in total. The van der Waals surface area contributed by atoms with Gasteiger partial charge in [0.25, 0.3) is 0 Å². The molecule has 0 saturated heterocycles. The SMILES string of the molecule is Cn1cnc(-c2c(F)cccc2Cl)c1N. The van der Waals surface area contributed by atoms with Crippen molar-refractivity contribution in [2.75, 3.05) is 5.73 Å². The second kappa shape index (κ2) is 3.55. The van der Waals surface area contributed by atoms with E-state index in [1.807, 2.05) is 0 Å². The molecule has 0 saturated carbocycles. The average molecular weight is 226 g/mol. The van der Waals surface area contributed by atoms with Crippen LogP contribution in [0.1, 0.15) is 0 Å². The fraction of sp³-hybridized carbons (Fsp3) is 0.100. The summed E-state index contributed by atoms with van der Waals surface area (Å²) in [5.41, 5.74) is 6.37. The third-order valence-electron chi connectivity index (χ3n) is 2.18. The Balaban J connectivity index is 2.69. The van der Waals surface area contributed by atoms with Crippen LogP contribution in [0.2, 0.25) is 5.02 Å². The second-order valence-electron chi connectivity index (χ2n) is 3.19. The van der Waals surface area contributed by atoms with Crippen LogP contribution in [0.3, 0.4) is 0 Å². The lowest BCUT2D eigenvalue weighted by atomic mass is 10.1. The summed E-state index contributed by atoms with van der Waals surface area (Å²) >= 11 is 5.90. The number of halogens is 2. The van der Waals surface area contributed by atoms with Crippen molar-refractivity contribution in [2.24, 2.45) is 7.05 Å². The third kappa shape index (κ3) is 1.57. The van der Waals surface area contributed by atoms with E-state index in [0.29, 0.717) is 16.5 Å². The van der Waals surface area contributed by atoms with Crippen molar-refractivity contribution < 1.29 is 4.39 Å². The molecule has 0 radical (unpaired) electrons. The van der Waals surface area contributed by atoms with Gasteiger partial charge < -0.3 is 10.3 Å². The van der Waals surface area contributed by atoms with Gasteiger partial charge in [0.2, 0.25) is 0 Å². The highest BCUT2D eigenvalue weighted by atomic mass is 35.5. The summed E-state index contributed by atoms with van der Waals surface area (Å²) in [7, 11) is 1.74. The molecule has 0 aliphatic rings. The minimum absolute atomic E-state index is 0.247. The van der Waals surface area contributed by atoms with Crippen LogP contribution in [-0.2, 0) is 7.05 Å². The van der Waals surface area contributed by atoms with Gasteiger partial charge in [-0.05, 0) is 12.1 Å². The van der Waals surface area contributed by atoms with Gasteiger partial charge in [-0.1, -0.05) is 17.7 Å². The highest BCUT2D eigenvalue weighted by Gasteiger charge is 2.15. The first-order valence-corrected chi connectivity index (χ1v) is 4.70. The number of aromatic nitrogens is 2. The predicted octanol–water partition coefficient (Wildman–Crippen LogP) is 2.46. The Bertz CT molecular complexity index is 487. The van der Waals surface area contributed by atoms with E-state index in [4.69, 9.17) is 17.3 Å². The quantitative estimate of drug-likeness (QED) is 0.810. The highest BCUT2D eigenvalue weighted by Crippen LogP contribution is 2.32. The summed E-state index contributed by atoms with van der Waals surface area (Å²) in [4.78, 5) is 4.02. The molecule has 0 bridgehead atoms. The number of nitrogens with two attached hydrogens (primary N) is 1.